The van der Waals surface area contributed by atoms with Crippen molar-refractivity contribution in [1.29, 1.82) is 0 Å². The molecule has 0 fully saturated rings. The molecule has 21 heavy (non-hydrogen) atoms. The van der Waals surface area contributed by atoms with Crippen LogP contribution in [0.2, 0.25) is 0 Å². The molecule has 1 N–H and O–H groups in total. The average Bonchev–Trinajstić information content (AvgIpc) is 2.49. The predicted octanol–water partition coefficient (Wildman–Crippen LogP) is 5.74. The maximum absolute atomic E-state index is 12.2. The van der Waals surface area contributed by atoms with E-state index in [0.717, 1.165) is 12.8 Å². The van der Waals surface area contributed by atoms with Crippen molar-refractivity contribution in [2.75, 3.05) is 0 Å². The summed E-state index contributed by atoms with van der Waals surface area (Å²) in [7, 11) is 0. The van der Waals surface area contributed by atoms with Gasteiger partial charge >= 0.3 is 0 Å². The molecule has 0 heterocycles. The summed E-state index contributed by atoms with van der Waals surface area (Å²) in [4.78, 5) is 12.2. The van der Waals surface area contributed by atoms with Crippen molar-refractivity contribution in [3.8, 4) is 5.75 Å². The lowest BCUT2D eigenvalue weighted by Gasteiger charge is -2.11. The lowest BCUT2D eigenvalue weighted by atomic mass is 9.93. The molecule has 0 aromatic heterocycles. The highest BCUT2D eigenvalue weighted by molar-refractivity contribution is 5.99. The van der Waals surface area contributed by atoms with Gasteiger partial charge in [-0.15, -0.1) is 0 Å². The number of ketones is 1. The van der Waals surface area contributed by atoms with Crippen LogP contribution >= 0.6 is 0 Å². The van der Waals surface area contributed by atoms with Gasteiger partial charge in [0.25, 0.3) is 0 Å². The summed E-state index contributed by atoms with van der Waals surface area (Å²) in [5, 5.41) is 9.72. The van der Waals surface area contributed by atoms with Crippen molar-refractivity contribution in [1.82, 2.24) is 0 Å². The van der Waals surface area contributed by atoms with Gasteiger partial charge in [-0.3, -0.25) is 4.79 Å². The Morgan fingerprint density at radius 3 is 2.19 bits per heavy atom. The molecule has 0 amide bonds. The second-order valence-electron chi connectivity index (χ2n) is 6.05. The Morgan fingerprint density at radius 2 is 1.57 bits per heavy atom. The number of Topliss-reactive ketones (excluding diaryl/α,β-unsaturated/α-hetero) is 1. The van der Waals surface area contributed by atoms with E-state index in [0.29, 0.717) is 5.56 Å². The van der Waals surface area contributed by atoms with Gasteiger partial charge < -0.3 is 5.11 Å². The lowest BCUT2D eigenvalue weighted by Crippen LogP contribution is -2.11. The first-order chi connectivity index (χ1) is 10.2. The number of hydrogen-bond donors (Lipinski definition) is 1. The molecular weight excluding hydrogens is 260 g/mol. The molecule has 1 aromatic carbocycles. The Bertz CT molecular complexity index is 412. The standard InChI is InChI=1S/C19H30O2/c1-3-4-5-6-7-8-9-10-13-16(2)19(21)17-14-11-12-15-18(17)20/h11-12,14-16,20H,3-10,13H2,1-2H3. The third-order valence-corrected chi connectivity index (χ3v) is 4.11. The SMILES string of the molecule is CCCCCCCCCCC(C)C(=O)c1ccccc1O. The summed E-state index contributed by atoms with van der Waals surface area (Å²) in [6.45, 7) is 4.21. The van der Waals surface area contributed by atoms with E-state index in [-0.39, 0.29) is 17.5 Å². The minimum absolute atomic E-state index is 0.00149. The molecule has 0 saturated heterocycles. The zero-order valence-electron chi connectivity index (χ0n) is 13.6. The molecule has 1 aromatic rings. The van der Waals surface area contributed by atoms with Crippen LogP contribution in [0.25, 0.3) is 0 Å². The smallest absolute Gasteiger partial charge is 0.169 e. The number of hydrogen-bond acceptors (Lipinski definition) is 2. The maximum atomic E-state index is 12.2. The summed E-state index contributed by atoms with van der Waals surface area (Å²) in [5.41, 5.74) is 0.463. The van der Waals surface area contributed by atoms with E-state index in [1.807, 2.05) is 6.92 Å². The van der Waals surface area contributed by atoms with Crippen LogP contribution < -0.4 is 0 Å². The minimum atomic E-state index is -0.00149. The van der Waals surface area contributed by atoms with Crippen LogP contribution in [0.3, 0.4) is 0 Å². The van der Waals surface area contributed by atoms with Crippen molar-refractivity contribution in [3.05, 3.63) is 29.8 Å². The molecule has 1 rings (SSSR count). The second kappa shape index (κ2) is 10.4. The molecule has 0 bridgehead atoms. The van der Waals surface area contributed by atoms with Gasteiger partial charge in [0.2, 0.25) is 0 Å². The van der Waals surface area contributed by atoms with Crippen LogP contribution in [-0.4, -0.2) is 10.9 Å². The number of phenolic OH excluding ortho intramolecular Hbond substituents is 1. The first kappa shape index (κ1) is 17.7. The lowest BCUT2D eigenvalue weighted by molar-refractivity contribution is 0.0919. The molecule has 1 atom stereocenters. The number of para-hydroxylation sites is 1. The summed E-state index contributed by atoms with van der Waals surface area (Å²) in [6.07, 6.45) is 11.2. The monoisotopic (exact) mass is 290 g/mol. The van der Waals surface area contributed by atoms with Gasteiger partial charge in [0.1, 0.15) is 5.75 Å². The molecule has 0 aliphatic carbocycles. The van der Waals surface area contributed by atoms with E-state index >= 15 is 0 Å². The molecule has 2 heteroatoms. The fourth-order valence-corrected chi connectivity index (χ4v) is 2.66. The second-order valence-corrected chi connectivity index (χ2v) is 6.05. The van der Waals surface area contributed by atoms with Crippen molar-refractivity contribution in [2.24, 2.45) is 5.92 Å². The molecule has 118 valence electrons. The van der Waals surface area contributed by atoms with E-state index in [4.69, 9.17) is 0 Å². The number of benzene rings is 1. The van der Waals surface area contributed by atoms with Crippen molar-refractivity contribution in [3.63, 3.8) is 0 Å². The van der Waals surface area contributed by atoms with E-state index in [2.05, 4.69) is 6.92 Å². The van der Waals surface area contributed by atoms with Gasteiger partial charge in [-0.2, -0.15) is 0 Å². The number of unbranched alkanes of at least 4 members (excludes halogenated alkanes) is 7. The van der Waals surface area contributed by atoms with Gasteiger partial charge in [0.15, 0.2) is 5.78 Å². The van der Waals surface area contributed by atoms with Crippen LogP contribution in [0.5, 0.6) is 5.75 Å². The third-order valence-electron chi connectivity index (χ3n) is 4.11. The summed E-state index contributed by atoms with van der Waals surface area (Å²) < 4.78 is 0. The van der Waals surface area contributed by atoms with E-state index in [1.165, 1.54) is 44.9 Å². The number of aromatic hydroxyl groups is 1. The molecule has 0 saturated carbocycles. The van der Waals surface area contributed by atoms with Crippen molar-refractivity contribution < 1.29 is 9.90 Å². The van der Waals surface area contributed by atoms with E-state index < -0.39 is 0 Å². The zero-order valence-corrected chi connectivity index (χ0v) is 13.6. The van der Waals surface area contributed by atoms with Crippen LogP contribution in [0.4, 0.5) is 0 Å². The highest BCUT2D eigenvalue weighted by atomic mass is 16.3. The van der Waals surface area contributed by atoms with Gasteiger partial charge in [0, 0.05) is 5.92 Å². The van der Waals surface area contributed by atoms with Gasteiger partial charge in [-0.1, -0.05) is 77.3 Å². The first-order valence-electron chi connectivity index (χ1n) is 8.49. The molecule has 0 aliphatic rings. The fourth-order valence-electron chi connectivity index (χ4n) is 2.66. The molecule has 0 aliphatic heterocycles. The zero-order chi connectivity index (χ0) is 15.5. The van der Waals surface area contributed by atoms with Crippen LogP contribution in [0.1, 0.15) is 82.0 Å². The number of phenols is 1. The Labute approximate surface area is 129 Å². The highest BCUT2D eigenvalue weighted by Gasteiger charge is 2.17. The van der Waals surface area contributed by atoms with Crippen molar-refractivity contribution in [2.45, 2.75) is 71.6 Å². The van der Waals surface area contributed by atoms with Crippen LogP contribution in [0, 0.1) is 5.92 Å². The molecule has 1 unspecified atom stereocenters. The number of carbonyl (C=O) groups is 1. The van der Waals surface area contributed by atoms with Gasteiger partial charge in [-0.05, 0) is 18.6 Å². The Morgan fingerprint density at radius 1 is 1.00 bits per heavy atom. The van der Waals surface area contributed by atoms with Crippen molar-refractivity contribution >= 4 is 5.78 Å². The average molecular weight is 290 g/mol. The molecule has 2 nitrogen and oxygen atoms in total. The summed E-state index contributed by atoms with van der Waals surface area (Å²) >= 11 is 0. The van der Waals surface area contributed by atoms with Gasteiger partial charge in [-0.25, -0.2) is 0 Å². The topological polar surface area (TPSA) is 37.3 Å². The predicted molar refractivity (Wildman–Crippen MR) is 88.8 cm³/mol. The normalized spacial score (nSPS) is 12.3. The quantitative estimate of drug-likeness (QED) is 0.416. The maximum Gasteiger partial charge on any atom is 0.169 e. The third kappa shape index (κ3) is 6.79. The number of carbonyl (C=O) groups excluding carboxylic acids is 1. The van der Waals surface area contributed by atoms with Crippen LogP contribution in [-0.2, 0) is 0 Å². The Hall–Kier alpha value is -1.31. The van der Waals surface area contributed by atoms with Gasteiger partial charge in [0.05, 0.1) is 5.56 Å². The first-order valence-corrected chi connectivity index (χ1v) is 8.49. The highest BCUT2D eigenvalue weighted by Crippen LogP contribution is 2.22. The summed E-state index contributed by atoms with van der Waals surface area (Å²) in [5.74, 6) is 0.166. The fraction of sp³-hybridized carbons (Fsp3) is 0.632. The molecular formula is C19H30O2. The largest absolute Gasteiger partial charge is 0.507 e. The summed E-state index contributed by atoms with van der Waals surface area (Å²) in [6, 6.07) is 6.84. The molecule has 0 radical (unpaired) electrons. The Kier molecular flexibility index (Phi) is 8.80. The van der Waals surface area contributed by atoms with E-state index in [1.54, 1.807) is 24.3 Å². The van der Waals surface area contributed by atoms with E-state index in [9.17, 15) is 9.90 Å². The minimum Gasteiger partial charge on any atom is -0.507 e. The number of rotatable bonds is 11. The Balaban J connectivity index is 2.18. The van der Waals surface area contributed by atoms with Crippen LogP contribution in [0.15, 0.2) is 24.3 Å². The molecule has 0 spiro atoms.